The Bertz CT molecular complexity index is 855. The summed E-state index contributed by atoms with van der Waals surface area (Å²) in [5.41, 5.74) is 0.854. The molecule has 1 atom stereocenters. The van der Waals surface area contributed by atoms with Gasteiger partial charge in [0.2, 0.25) is 15.9 Å². The van der Waals surface area contributed by atoms with Crippen molar-refractivity contribution >= 4 is 27.5 Å². The predicted molar refractivity (Wildman–Crippen MR) is 98.8 cm³/mol. The van der Waals surface area contributed by atoms with E-state index in [1.165, 1.54) is 12.1 Å². The molecule has 0 aromatic heterocycles. The molecule has 0 aliphatic heterocycles. The number of hydrogen-bond donors (Lipinski definition) is 1. The Morgan fingerprint density at radius 2 is 1.73 bits per heavy atom. The van der Waals surface area contributed by atoms with Crippen LogP contribution in [0.15, 0.2) is 53.4 Å². The number of halogens is 2. The summed E-state index contributed by atoms with van der Waals surface area (Å²) in [4.78, 5) is 12.2. The van der Waals surface area contributed by atoms with E-state index in [0.717, 1.165) is 22.0 Å². The van der Waals surface area contributed by atoms with Crippen LogP contribution in [0.2, 0.25) is 5.02 Å². The lowest BCUT2D eigenvalue weighted by Gasteiger charge is -2.22. The van der Waals surface area contributed by atoms with Crippen molar-refractivity contribution in [2.75, 3.05) is 13.1 Å². The molecule has 1 amide bonds. The van der Waals surface area contributed by atoms with Crippen LogP contribution in [0.4, 0.5) is 4.39 Å². The third kappa shape index (κ3) is 5.03. The predicted octanol–water partition coefficient (Wildman–Crippen LogP) is 3.37. The summed E-state index contributed by atoms with van der Waals surface area (Å²) >= 11 is 5.84. The van der Waals surface area contributed by atoms with Crippen LogP contribution in [-0.4, -0.2) is 31.7 Å². The lowest BCUT2D eigenvalue weighted by molar-refractivity contribution is -0.121. The molecule has 2 aromatic rings. The molecule has 0 saturated heterocycles. The Hall–Kier alpha value is -1.96. The van der Waals surface area contributed by atoms with Crippen LogP contribution >= 0.6 is 11.6 Å². The molecule has 140 valence electrons. The Morgan fingerprint density at radius 1 is 1.15 bits per heavy atom. The highest BCUT2D eigenvalue weighted by Crippen LogP contribution is 2.18. The summed E-state index contributed by atoms with van der Waals surface area (Å²) < 4.78 is 39.3. The van der Waals surface area contributed by atoms with E-state index in [2.05, 4.69) is 5.32 Å². The van der Waals surface area contributed by atoms with E-state index in [0.29, 0.717) is 5.02 Å². The van der Waals surface area contributed by atoms with Crippen molar-refractivity contribution in [1.82, 2.24) is 9.62 Å². The number of nitrogens with one attached hydrogen (secondary N) is 1. The van der Waals surface area contributed by atoms with Crippen LogP contribution in [0.5, 0.6) is 0 Å². The number of hydrogen-bond acceptors (Lipinski definition) is 3. The highest BCUT2D eigenvalue weighted by Gasteiger charge is 2.25. The molecular weight excluding hydrogens is 379 g/mol. The van der Waals surface area contributed by atoms with E-state index >= 15 is 0 Å². The Labute approximate surface area is 157 Å². The molecule has 0 aliphatic carbocycles. The second-order valence-electron chi connectivity index (χ2n) is 5.73. The zero-order valence-electron chi connectivity index (χ0n) is 14.4. The molecule has 0 radical (unpaired) electrons. The lowest BCUT2D eigenvalue weighted by Crippen LogP contribution is -2.41. The first-order valence-corrected chi connectivity index (χ1v) is 9.86. The maximum absolute atomic E-state index is 13.0. The van der Waals surface area contributed by atoms with Gasteiger partial charge in [0.15, 0.2) is 0 Å². The van der Waals surface area contributed by atoms with Gasteiger partial charge >= 0.3 is 0 Å². The van der Waals surface area contributed by atoms with Gasteiger partial charge in [0.1, 0.15) is 5.82 Å². The Balaban J connectivity index is 2.07. The summed E-state index contributed by atoms with van der Waals surface area (Å²) in [6.45, 7) is 3.22. The zero-order valence-corrected chi connectivity index (χ0v) is 16.0. The standard InChI is InChI=1S/C18H20ClFN2O3S/c1-3-22(26(24,25)17-10-8-16(20)9-11-17)12-18(23)21-13(2)14-4-6-15(19)7-5-14/h4-11,13H,3,12H2,1-2H3,(H,21,23)/t13-/m1/s1. The van der Waals surface area contributed by atoms with Gasteiger partial charge in [-0.2, -0.15) is 4.31 Å². The first-order valence-electron chi connectivity index (χ1n) is 8.04. The number of carbonyl (C=O) groups is 1. The van der Waals surface area contributed by atoms with Crippen LogP contribution in [0.25, 0.3) is 0 Å². The third-order valence-electron chi connectivity index (χ3n) is 3.87. The lowest BCUT2D eigenvalue weighted by atomic mass is 10.1. The van der Waals surface area contributed by atoms with Gasteiger partial charge < -0.3 is 5.32 Å². The SMILES string of the molecule is CCN(CC(=O)N[C@H](C)c1ccc(Cl)cc1)S(=O)(=O)c1ccc(F)cc1. The molecule has 0 heterocycles. The van der Waals surface area contributed by atoms with Crippen molar-refractivity contribution in [3.63, 3.8) is 0 Å². The van der Waals surface area contributed by atoms with Gasteiger partial charge in [0.05, 0.1) is 17.5 Å². The maximum atomic E-state index is 13.0. The Morgan fingerprint density at radius 3 is 2.27 bits per heavy atom. The van der Waals surface area contributed by atoms with Gasteiger partial charge in [-0.15, -0.1) is 0 Å². The molecule has 8 heteroatoms. The van der Waals surface area contributed by atoms with Gasteiger partial charge in [0, 0.05) is 11.6 Å². The molecule has 26 heavy (non-hydrogen) atoms. The second-order valence-corrected chi connectivity index (χ2v) is 8.10. The van der Waals surface area contributed by atoms with E-state index in [1.807, 2.05) is 0 Å². The van der Waals surface area contributed by atoms with Crippen LogP contribution in [-0.2, 0) is 14.8 Å². The first-order chi connectivity index (χ1) is 12.2. The molecule has 5 nitrogen and oxygen atoms in total. The number of likely N-dealkylation sites (N-methyl/N-ethyl adjacent to an activating group) is 1. The molecule has 0 unspecified atom stereocenters. The number of amides is 1. The molecule has 2 aromatic carbocycles. The molecule has 0 bridgehead atoms. The average Bonchev–Trinajstić information content (AvgIpc) is 2.60. The van der Waals surface area contributed by atoms with Crippen molar-refractivity contribution < 1.29 is 17.6 Å². The maximum Gasteiger partial charge on any atom is 0.243 e. The summed E-state index contributed by atoms with van der Waals surface area (Å²) in [6.07, 6.45) is 0. The highest BCUT2D eigenvalue weighted by molar-refractivity contribution is 7.89. The largest absolute Gasteiger partial charge is 0.348 e. The first kappa shape index (κ1) is 20.4. The van der Waals surface area contributed by atoms with E-state index in [4.69, 9.17) is 11.6 Å². The minimum atomic E-state index is -3.88. The van der Waals surface area contributed by atoms with Gasteiger partial charge in [-0.25, -0.2) is 12.8 Å². The van der Waals surface area contributed by atoms with Gasteiger partial charge in [-0.3, -0.25) is 4.79 Å². The van der Waals surface area contributed by atoms with Gasteiger partial charge in [0.25, 0.3) is 0 Å². The van der Waals surface area contributed by atoms with Gasteiger partial charge in [-0.05, 0) is 48.9 Å². The fourth-order valence-corrected chi connectivity index (χ4v) is 3.94. The van der Waals surface area contributed by atoms with E-state index < -0.39 is 21.7 Å². The third-order valence-corrected chi connectivity index (χ3v) is 6.06. The smallest absolute Gasteiger partial charge is 0.243 e. The molecule has 0 spiro atoms. The normalized spacial score (nSPS) is 12.8. The highest BCUT2D eigenvalue weighted by atomic mass is 35.5. The summed E-state index contributed by atoms with van der Waals surface area (Å²) in [5, 5.41) is 3.36. The fraction of sp³-hybridized carbons (Fsp3) is 0.278. The molecule has 0 aliphatic rings. The minimum absolute atomic E-state index is 0.0562. The van der Waals surface area contributed by atoms with Crippen molar-refractivity contribution in [3.8, 4) is 0 Å². The number of benzene rings is 2. The second kappa shape index (κ2) is 8.62. The van der Waals surface area contributed by atoms with Crippen LogP contribution in [0, 0.1) is 5.82 Å². The van der Waals surface area contributed by atoms with Crippen molar-refractivity contribution in [3.05, 3.63) is 64.9 Å². The molecule has 2 rings (SSSR count). The number of rotatable bonds is 7. The van der Waals surface area contributed by atoms with E-state index in [9.17, 15) is 17.6 Å². The monoisotopic (exact) mass is 398 g/mol. The zero-order chi connectivity index (χ0) is 19.3. The Kier molecular flexibility index (Phi) is 6.75. The molecule has 1 N–H and O–H groups in total. The topological polar surface area (TPSA) is 66.5 Å². The minimum Gasteiger partial charge on any atom is -0.348 e. The number of carbonyl (C=O) groups excluding carboxylic acids is 1. The van der Waals surface area contributed by atoms with E-state index in [1.54, 1.807) is 38.1 Å². The summed E-state index contributed by atoms with van der Waals surface area (Å²) in [5.74, 6) is -0.957. The van der Waals surface area contributed by atoms with Gasteiger partial charge in [-0.1, -0.05) is 30.7 Å². The van der Waals surface area contributed by atoms with Crippen molar-refractivity contribution in [1.29, 1.82) is 0 Å². The van der Waals surface area contributed by atoms with Crippen molar-refractivity contribution in [2.24, 2.45) is 0 Å². The molecule has 0 fully saturated rings. The number of nitrogens with zero attached hydrogens (tertiary/aromatic N) is 1. The number of sulfonamides is 1. The van der Waals surface area contributed by atoms with E-state index in [-0.39, 0.29) is 24.0 Å². The van der Waals surface area contributed by atoms with Crippen LogP contribution < -0.4 is 5.32 Å². The summed E-state index contributed by atoms with van der Waals surface area (Å²) in [7, 11) is -3.88. The van der Waals surface area contributed by atoms with Crippen molar-refractivity contribution in [2.45, 2.75) is 24.8 Å². The molecule has 0 saturated carbocycles. The summed E-state index contributed by atoms with van der Waals surface area (Å²) in [6, 6.07) is 11.2. The van der Waals surface area contributed by atoms with Crippen LogP contribution in [0.3, 0.4) is 0 Å². The average molecular weight is 399 g/mol. The molecular formula is C18H20ClFN2O3S. The fourth-order valence-electron chi connectivity index (χ4n) is 2.40. The van der Waals surface area contributed by atoms with Crippen LogP contribution in [0.1, 0.15) is 25.5 Å². The quantitative estimate of drug-likeness (QED) is 0.777.